The summed E-state index contributed by atoms with van der Waals surface area (Å²) in [5.74, 6) is -11.6. The lowest BCUT2D eigenvalue weighted by Crippen LogP contribution is -2.67. The molecule has 2 saturated heterocycles. The van der Waals surface area contributed by atoms with Crippen molar-refractivity contribution in [2.24, 2.45) is 5.89 Å². The van der Waals surface area contributed by atoms with E-state index in [0.717, 1.165) is 48.5 Å². The van der Waals surface area contributed by atoms with Crippen molar-refractivity contribution >= 4 is 61.5 Å². The van der Waals surface area contributed by atoms with Gasteiger partial charge in [0.25, 0.3) is 0 Å². The van der Waals surface area contributed by atoms with Gasteiger partial charge in [-0.25, -0.2) is 16.8 Å². The molecule has 24 heteroatoms. The topological polar surface area (TPSA) is 289 Å². The zero-order valence-electron chi connectivity index (χ0n) is 37.3. The van der Waals surface area contributed by atoms with Crippen molar-refractivity contribution in [2.75, 3.05) is 42.8 Å². The van der Waals surface area contributed by atoms with Gasteiger partial charge in [0, 0.05) is 55.7 Å². The fraction of sp³-hybridized carbons (Fsp3) is 0.816. The summed E-state index contributed by atoms with van der Waals surface area (Å²) in [4.78, 5) is 86.8. The van der Waals surface area contributed by atoms with Gasteiger partial charge in [0.05, 0.1) is 29.6 Å². The minimum absolute atomic E-state index is 0.227. The molecule has 2 fully saturated rings. The van der Waals surface area contributed by atoms with Crippen LogP contribution in [0.5, 0.6) is 0 Å². The molecular weight excluding hydrogens is 873 g/mol. The summed E-state index contributed by atoms with van der Waals surface area (Å²) in [6, 6.07) is 0. The van der Waals surface area contributed by atoms with E-state index < -0.39 is 160 Å². The lowest BCUT2D eigenvalue weighted by molar-refractivity contribution is -0.361. The van der Waals surface area contributed by atoms with Gasteiger partial charge < -0.3 is 52.1 Å². The number of hydrogen-bond donors (Lipinski definition) is 0. The van der Waals surface area contributed by atoms with Crippen LogP contribution in [0, 0.1) is 5.89 Å². The monoisotopic (exact) mass is 933 g/mol. The molecule has 10 atom stereocenters. The molecule has 0 aliphatic carbocycles. The summed E-state index contributed by atoms with van der Waals surface area (Å²) in [7, 11) is -8.10. The first-order chi connectivity index (χ1) is 29.2. The van der Waals surface area contributed by atoms with Gasteiger partial charge in [-0.05, 0) is 12.8 Å². The lowest BCUT2D eigenvalue weighted by atomic mass is 9.96. The second-order valence-electron chi connectivity index (χ2n) is 14.6. The highest BCUT2D eigenvalue weighted by Crippen LogP contribution is 2.36. The van der Waals surface area contributed by atoms with E-state index in [0.29, 0.717) is 12.8 Å². The number of hydrogen-bond acceptors (Lipinski definition) is 22. The normalized spacial score (nSPS) is 26.8. The average Bonchev–Trinajstić information content (AvgIpc) is 3.13. The Morgan fingerprint density at radius 3 is 1.27 bits per heavy atom. The Morgan fingerprint density at radius 1 is 0.516 bits per heavy atom. The molecular formula is C38H60O22S2. The van der Waals surface area contributed by atoms with Crippen LogP contribution >= 0.6 is 0 Å². The van der Waals surface area contributed by atoms with Crippen molar-refractivity contribution < 1.29 is 104 Å². The van der Waals surface area contributed by atoms with Gasteiger partial charge in [-0.15, -0.1) is 0 Å². The Hall–Kier alpha value is -3.97. The van der Waals surface area contributed by atoms with E-state index in [1.165, 1.54) is 0 Å². The maximum Gasteiger partial charge on any atom is 0.303 e. The quantitative estimate of drug-likeness (QED) is 0.0949. The average molecular weight is 934 g/mol. The first-order valence-corrected chi connectivity index (χ1v) is 23.5. The molecule has 1 unspecified atom stereocenters. The molecule has 0 N–H and O–H groups in total. The molecule has 0 amide bonds. The van der Waals surface area contributed by atoms with Crippen molar-refractivity contribution in [3.8, 4) is 0 Å². The van der Waals surface area contributed by atoms with Gasteiger partial charge in [-0.2, -0.15) is 0 Å². The fourth-order valence-corrected chi connectivity index (χ4v) is 9.92. The maximum atomic E-state index is 13.2. The number of rotatable bonds is 24. The Labute approximate surface area is 362 Å². The van der Waals surface area contributed by atoms with E-state index in [1.807, 2.05) is 0 Å². The van der Waals surface area contributed by atoms with Crippen LogP contribution in [0.2, 0.25) is 0 Å². The van der Waals surface area contributed by atoms with Gasteiger partial charge >= 0.3 is 41.8 Å². The van der Waals surface area contributed by atoms with Crippen LogP contribution in [0.4, 0.5) is 0 Å². The zero-order chi connectivity index (χ0) is 47.9. The molecule has 22 nitrogen and oxygen atoms in total. The van der Waals surface area contributed by atoms with E-state index in [9.17, 15) is 51.8 Å². The molecule has 0 radical (unpaired) electrons. The highest BCUT2D eigenvalue weighted by atomic mass is 32.2. The second kappa shape index (κ2) is 25.4. The predicted octanol–water partition coefficient (Wildman–Crippen LogP) is 0.669. The predicted molar refractivity (Wildman–Crippen MR) is 210 cm³/mol. The number of ether oxygens (including phenoxy) is 11. The van der Waals surface area contributed by atoms with Crippen LogP contribution in [-0.2, 0) is 105 Å². The molecule has 2 aliphatic heterocycles. The Bertz CT molecular complexity index is 1780. The van der Waals surface area contributed by atoms with Crippen molar-refractivity contribution in [2.45, 2.75) is 149 Å². The second-order valence-corrected chi connectivity index (χ2v) is 19.0. The molecule has 0 saturated carbocycles. The van der Waals surface area contributed by atoms with Crippen molar-refractivity contribution in [1.29, 1.82) is 0 Å². The third kappa shape index (κ3) is 18.8. The SMILES string of the molecule is [2H]C(COC1O[C@H](COC(C)=O)[C@H](O[C@H]2O[C@H](COC(C)=O)[C@H](OC(C)=O)[C@H](OC(C)=O)[C@H]2OC(C)=O)[C@H](OC(C)=O)[C@H]1OC(C)=O)(CS(=O)(=O)CCCC)CS(=O)(=O)CCCC. The maximum absolute atomic E-state index is 13.2. The minimum Gasteiger partial charge on any atom is -0.463 e. The highest BCUT2D eigenvalue weighted by molar-refractivity contribution is 7.92. The summed E-state index contributed by atoms with van der Waals surface area (Å²) in [5, 5.41) is 0. The molecule has 0 aromatic rings. The molecule has 2 heterocycles. The van der Waals surface area contributed by atoms with Crippen LogP contribution in [0.3, 0.4) is 0 Å². The van der Waals surface area contributed by atoms with Crippen LogP contribution < -0.4 is 0 Å². The molecule has 2 rings (SSSR count). The lowest BCUT2D eigenvalue weighted by Gasteiger charge is -2.48. The van der Waals surface area contributed by atoms with Gasteiger partial charge in [-0.3, -0.25) is 33.6 Å². The minimum atomic E-state index is -4.05. The zero-order valence-corrected chi connectivity index (χ0v) is 38.0. The third-order valence-corrected chi connectivity index (χ3v) is 12.3. The smallest absolute Gasteiger partial charge is 0.303 e. The first kappa shape index (κ1) is 52.4. The number of unbranched alkanes of at least 4 members (excludes halogenated alkanes) is 2. The third-order valence-electron chi connectivity index (χ3n) is 8.80. The van der Waals surface area contributed by atoms with E-state index in [-0.39, 0.29) is 24.3 Å². The van der Waals surface area contributed by atoms with Crippen molar-refractivity contribution in [3.05, 3.63) is 0 Å². The van der Waals surface area contributed by atoms with Crippen molar-refractivity contribution in [1.82, 2.24) is 0 Å². The van der Waals surface area contributed by atoms with Gasteiger partial charge in [0.1, 0.15) is 31.5 Å². The van der Waals surface area contributed by atoms with Crippen LogP contribution in [0.15, 0.2) is 0 Å². The largest absolute Gasteiger partial charge is 0.463 e. The van der Waals surface area contributed by atoms with Gasteiger partial charge in [0.2, 0.25) is 0 Å². The van der Waals surface area contributed by atoms with Crippen molar-refractivity contribution in [3.63, 3.8) is 0 Å². The fourth-order valence-electron chi connectivity index (χ4n) is 6.43. The summed E-state index contributed by atoms with van der Waals surface area (Å²) >= 11 is 0. The Morgan fingerprint density at radius 2 is 0.871 bits per heavy atom. The van der Waals surface area contributed by atoms with E-state index >= 15 is 0 Å². The summed E-state index contributed by atoms with van der Waals surface area (Å²) < 4.78 is 124. The number of carbonyl (C=O) groups excluding carboxylic acids is 7. The number of carbonyl (C=O) groups is 7. The Balaban J connectivity index is 2.81. The molecule has 2 aliphatic rings. The number of sulfone groups is 2. The standard InChI is InChI=1S/C38H60O22S2/c1-10-12-14-61(46,47)19-28(20-62(48,49)15-13-11-2)16-52-37-35(56-26(8)44)34(55-25(7)43)32(30(58-37)18-51-22(4)40)60-38-36(57-27(9)45)33(54-24(6)42)31(53-23(5)41)29(59-38)17-50-21(3)39/h28-38H,10-20H2,1-9H3/t29-,30-,31+,32+,33+,34+,35-,36-,37?,38-/m1/s1/i28D. The van der Waals surface area contributed by atoms with Crippen LogP contribution in [0.25, 0.3) is 0 Å². The van der Waals surface area contributed by atoms with Crippen LogP contribution in [0.1, 0.15) is 89.4 Å². The van der Waals surface area contributed by atoms with Gasteiger partial charge in [-0.1, -0.05) is 26.7 Å². The van der Waals surface area contributed by atoms with Crippen LogP contribution in [-0.4, -0.2) is 163 Å². The number of esters is 7. The van der Waals surface area contributed by atoms with Gasteiger partial charge in [0.15, 0.2) is 62.8 Å². The summed E-state index contributed by atoms with van der Waals surface area (Å²) in [6.07, 6.45) is -16.3. The molecule has 0 bridgehead atoms. The summed E-state index contributed by atoms with van der Waals surface area (Å²) in [6.45, 7) is 8.08. The van der Waals surface area contributed by atoms with E-state index in [2.05, 4.69) is 0 Å². The molecule has 0 spiro atoms. The van der Waals surface area contributed by atoms with E-state index in [1.54, 1.807) is 13.8 Å². The van der Waals surface area contributed by atoms with E-state index in [4.69, 9.17) is 52.1 Å². The molecule has 356 valence electrons. The molecule has 0 aromatic heterocycles. The Kier molecular flexibility index (Phi) is 21.4. The highest BCUT2D eigenvalue weighted by Gasteiger charge is 2.57. The summed E-state index contributed by atoms with van der Waals surface area (Å²) in [5.41, 5.74) is 0. The first-order valence-electron chi connectivity index (χ1n) is 20.3. The molecule has 62 heavy (non-hydrogen) atoms. The molecule has 0 aromatic carbocycles.